The van der Waals surface area contributed by atoms with Crippen LogP contribution in [0.5, 0.6) is 0 Å². The van der Waals surface area contributed by atoms with Gasteiger partial charge in [-0.25, -0.2) is 0 Å². The summed E-state index contributed by atoms with van der Waals surface area (Å²) < 4.78 is 6.47. The number of benzene rings is 2. The number of aldehydes is 1. The summed E-state index contributed by atoms with van der Waals surface area (Å²) in [5.41, 5.74) is 1.76. The van der Waals surface area contributed by atoms with E-state index in [1.165, 1.54) is 0 Å². The minimum Gasteiger partial charge on any atom is -0.417 e. The van der Waals surface area contributed by atoms with Gasteiger partial charge in [0.2, 0.25) is 11.8 Å². The molecule has 1 heterocycles. The topological polar surface area (TPSA) is 76.2 Å². The Morgan fingerprint density at radius 1 is 1.14 bits per heavy atom. The summed E-state index contributed by atoms with van der Waals surface area (Å²) in [4.78, 5) is 10.8. The van der Waals surface area contributed by atoms with Crippen molar-refractivity contribution in [3.63, 3.8) is 0 Å². The molecule has 1 atom stereocenters. The second-order valence-electron chi connectivity index (χ2n) is 4.64. The Kier molecular flexibility index (Phi) is 4.13. The van der Waals surface area contributed by atoms with Crippen LogP contribution in [0.3, 0.4) is 0 Å². The van der Waals surface area contributed by atoms with Crippen LogP contribution in [0.4, 0.5) is 0 Å². The zero-order valence-electron chi connectivity index (χ0n) is 11.3. The number of hydrogen-bond donors (Lipinski definition) is 1. The van der Waals surface area contributed by atoms with Crippen molar-refractivity contribution >= 4 is 22.2 Å². The van der Waals surface area contributed by atoms with E-state index in [-0.39, 0.29) is 5.89 Å². The summed E-state index contributed by atoms with van der Waals surface area (Å²) in [6, 6.07) is 14.0. The molecule has 0 bridgehead atoms. The van der Waals surface area contributed by atoms with E-state index >= 15 is 0 Å². The number of halogens is 1. The number of rotatable bonds is 4. The summed E-state index contributed by atoms with van der Waals surface area (Å²) in [6.07, 6.45) is -0.353. The molecule has 3 aromatic rings. The van der Waals surface area contributed by atoms with E-state index in [1.807, 2.05) is 24.3 Å². The predicted molar refractivity (Wildman–Crippen MR) is 83.3 cm³/mol. The predicted octanol–water partition coefficient (Wildman–Crippen LogP) is 3.39. The minimum atomic E-state index is -1.07. The maximum atomic E-state index is 10.8. The van der Waals surface area contributed by atoms with Gasteiger partial charge in [-0.2, -0.15) is 0 Å². The van der Waals surface area contributed by atoms with Crippen molar-refractivity contribution in [2.24, 2.45) is 0 Å². The summed E-state index contributed by atoms with van der Waals surface area (Å²) >= 11 is 3.36. The Hall–Kier alpha value is -2.31. The van der Waals surface area contributed by atoms with Crippen molar-refractivity contribution in [1.29, 1.82) is 0 Å². The molecule has 6 heteroatoms. The monoisotopic (exact) mass is 358 g/mol. The van der Waals surface area contributed by atoms with Crippen LogP contribution in [-0.2, 0) is 0 Å². The summed E-state index contributed by atoms with van der Waals surface area (Å²) in [5.74, 6) is 0.411. The molecule has 5 nitrogen and oxygen atoms in total. The quantitative estimate of drug-likeness (QED) is 0.723. The van der Waals surface area contributed by atoms with E-state index in [0.717, 1.165) is 16.3 Å². The molecule has 110 valence electrons. The molecule has 22 heavy (non-hydrogen) atoms. The highest BCUT2D eigenvalue weighted by Gasteiger charge is 2.18. The van der Waals surface area contributed by atoms with Crippen molar-refractivity contribution in [3.05, 3.63) is 70.0 Å². The first-order chi connectivity index (χ1) is 10.7. The second kappa shape index (κ2) is 6.21. The highest BCUT2D eigenvalue weighted by atomic mass is 79.9. The molecule has 3 rings (SSSR count). The lowest BCUT2D eigenvalue weighted by molar-refractivity contribution is 0.112. The lowest BCUT2D eigenvalue weighted by atomic mass is 10.1. The Balaban J connectivity index is 1.89. The first kappa shape index (κ1) is 14.6. The maximum absolute atomic E-state index is 10.8. The second-order valence-corrected chi connectivity index (χ2v) is 5.56. The third kappa shape index (κ3) is 2.98. The maximum Gasteiger partial charge on any atom is 0.249 e. The number of aromatic nitrogens is 2. The van der Waals surface area contributed by atoms with Gasteiger partial charge in [0.25, 0.3) is 0 Å². The van der Waals surface area contributed by atoms with Gasteiger partial charge in [-0.3, -0.25) is 4.79 Å². The third-order valence-corrected chi connectivity index (χ3v) is 3.66. The fourth-order valence-electron chi connectivity index (χ4n) is 2.00. The fourth-order valence-corrected chi connectivity index (χ4v) is 2.26. The number of carbonyl (C=O) groups excluding carboxylic acids is 1. The fraction of sp³-hybridized carbons (Fsp3) is 0.0625. The molecular formula is C16H11BrN2O3. The molecule has 0 saturated heterocycles. The molecule has 0 spiro atoms. The first-order valence-electron chi connectivity index (χ1n) is 6.50. The summed E-state index contributed by atoms with van der Waals surface area (Å²) in [5, 5.41) is 18.1. The molecule has 0 amide bonds. The third-order valence-electron chi connectivity index (χ3n) is 3.13. The van der Waals surface area contributed by atoms with Crippen LogP contribution in [0, 0.1) is 0 Å². The van der Waals surface area contributed by atoms with E-state index in [2.05, 4.69) is 26.1 Å². The van der Waals surface area contributed by atoms with Crippen LogP contribution in [0.2, 0.25) is 0 Å². The zero-order chi connectivity index (χ0) is 15.5. The van der Waals surface area contributed by atoms with Crippen molar-refractivity contribution in [2.45, 2.75) is 6.10 Å². The number of hydrogen-bond acceptors (Lipinski definition) is 5. The SMILES string of the molecule is O=Cc1cccc(C(O)c2nnc(-c3ccc(Br)cc3)o2)c1. The van der Waals surface area contributed by atoms with Gasteiger partial charge in [0, 0.05) is 15.6 Å². The minimum absolute atomic E-state index is 0.0842. The normalized spacial score (nSPS) is 12.1. The lowest BCUT2D eigenvalue weighted by Gasteiger charge is -2.06. The molecular weight excluding hydrogens is 348 g/mol. The van der Waals surface area contributed by atoms with Crippen LogP contribution < -0.4 is 0 Å². The Labute approximate surface area is 134 Å². The molecule has 0 fully saturated rings. The summed E-state index contributed by atoms with van der Waals surface area (Å²) in [7, 11) is 0. The zero-order valence-corrected chi connectivity index (χ0v) is 12.9. The average molecular weight is 359 g/mol. The van der Waals surface area contributed by atoms with E-state index in [1.54, 1.807) is 24.3 Å². The molecule has 0 aliphatic heterocycles. The van der Waals surface area contributed by atoms with Gasteiger partial charge in [-0.05, 0) is 35.9 Å². The molecule has 0 radical (unpaired) electrons. The van der Waals surface area contributed by atoms with Gasteiger partial charge in [-0.15, -0.1) is 10.2 Å². The highest BCUT2D eigenvalue weighted by Crippen LogP contribution is 2.26. The van der Waals surface area contributed by atoms with Crippen molar-refractivity contribution < 1.29 is 14.3 Å². The van der Waals surface area contributed by atoms with Gasteiger partial charge in [-0.1, -0.05) is 34.1 Å². The van der Waals surface area contributed by atoms with Gasteiger partial charge in [0.05, 0.1) is 0 Å². The highest BCUT2D eigenvalue weighted by molar-refractivity contribution is 9.10. The van der Waals surface area contributed by atoms with E-state index in [4.69, 9.17) is 4.42 Å². The Bertz CT molecular complexity index is 799. The lowest BCUT2D eigenvalue weighted by Crippen LogP contribution is -2.00. The van der Waals surface area contributed by atoms with Crippen LogP contribution in [0.25, 0.3) is 11.5 Å². The molecule has 1 N–H and O–H groups in total. The van der Waals surface area contributed by atoms with Gasteiger partial charge in [0.15, 0.2) is 6.10 Å². The number of carbonyl (C=O) groups is 1. The molecule has 2 aromatic carbocycles. The van der Waals surface area contributed by atoms with Crippen LogP contribution in [0.15, 0.2) is 57.4 Å². The standard InChI is InChI=1S/C16H11BrN2O3/c17-13-6-4-11(5-7-13)15-18-19-16(22-15)14(21)12-3-1-2-10(8-12)9-20/h1-9,14,21H. The molecule has 1 aromatic heterocycles. The Morgan fingerprint density at radius 2 is 1.91 bits per heavy atom. The summed E-state index contributed by atoms with van der Waals surface area (Å²) in [6.45, 7) is 0. The van der Waals surface area contributed by atoms with Crippen molar-refractivity contribution in [2.75, 3.05) is 0 Å². The van der Waals surface area contributed by atoms with E-state index < -0.39 is 6.10 Å². The van der Waals surface area contributed by atoms with Crippen LogP contribution in [-0.4, -0.2) is 21.6 Å². The van der Waals surface area contributed by atoms with Gasteiger partial charge >= 0.3 is 0 Å². The van der Waals surface area contributed by atoms with E-state index in [9.17, 15) is 9.90 Å². The van der Waals surface area contributed by atoms with Gasteiger partial charge < -0.3 is 9.52 Å². The first-order valence-corrected chi connectivity index (χ1v) is 7.29. The van der Waals surface area contributed by atoms with E-state index in [0.29, 0.717) is 17.0 Å². The molecule has 0 saturated carbocycles. The number of aliphatic hydroxyl groups is 1. The molecule has 0 aliphatic carbocycles. The number of nitrogens with zero attached hydrogens (tertiary/aromatic N) is 2. The largest absolute Gasteiger partial charge is 0.417 e. The number of aliphatic hydroxyl groups excluding tert-OH is 1. The van der Waals surface area contributed by atoms with Crippen LogP contribution >= 0.6 is 15.9 Å². The van der Waals surface area contributed by atoms with Crippen LogP contribution in [0.1, 0.15) is 27.9 Å². The molecule has 1 unspecified atom stereocenters. The Morgan fingerprint density at radius 3 is 2.64 bits per heavy atom. The van der Waals surface area contributed by atoms with Crippen molar-refractivity contribution in [1.82, 2.24) is 10.2 Å². The molecule has 0 aliphatic rings. The smallest absolute Gasteiger partial charge is 0.249 e. The van der Waals surface area contributed by atoms with Gasteiger partial charge in [0.1, 0.15) is 6.29 Å². The van der Waals surface area contributed by atoms with Crippen molar-refractivity contribution in [3.8, 4) is 11.5 Å². The average Bonchev–Trinajstić information content (AvgIpc) is 3.05.